The fourth-order valence-corrected chi connectivity index (χ4v) is 2.85. The molecule has 1 aliphatic heterocycles. The predicted molar refractivity (Wildman–Crippen MR) is 80.2 cm³/mol. The average molecular weight is 294 g/mol. The summed E-state index contributed by atoms with van der Waals surface area (Å²) in [7, 11) is 5.52. The van der Waals surface area contributed by atoms with Crippen molar-refractivity contribution in [1.82, 2.24) is 9.80 Å². The van der Waals surface area contributed by atoms with Crippen LogP contribution in [0.1, 0.15) is 29.6 Å². The van der Waals surface area contributed by atoms with Crippen LogP contribution in [-0.4, -0.2) is 56.0 Å². The third-order valence-electron chi connectivity index (χ3n) is 4.12. The summed E-state index contributed by atoms with van der Waals surface area (Å²) < 4.78 is 18.8. The molecular formula is C16H23FN2O2. The second kappa shape index (κ2) is 6.89. The van der Waals surface area contributed by atoms with Crippen molar-refractivity contribution in [2.45, 2.75) is 25.3 Å². The van der Waals surface area contributed by atoms with Crippen LogP contribution in [-0.2, 0) is 0 Å². The first kappa shape index (κ1) is 15.8. The molecule has 5 heteroatoms. The van der Waals surface area contributed by atoms with Crippen molar-refractivity contribution in [1.29, 1.82) is 0 Å². The molecule has 1 heterocycles. The van der Waals surface area contributed by atoms with Gasteiger partial charge in [-0.3, -0.25) is 4.79 Å². The molecule has 0 N–H and O–H groups in total. The number of methoxy groups -OCH3 is 1. The SMILES string of the molecule is COc1c(F)cccc1C(=O)N1CCCC(N(C)C)CC1. The van der Waals surface area contributed by atoms with Gasteiger partial charge in [0.1, 0.15) is 0 Å². The smallest absolute Gasteiger partial charge is 0.257 e. The van der Waals surface area contributed by atoms with Crippen molar-refractivity contribution in [2.75, 3.05) is 34.3 Å². The molecule has 1 aromatic carbocycles. The summed E-state index contributed by atoms with van der Waals surface area (Å²) in [6.45, 7) is 1.41. The molecule has 4 nitrogen and oxygen atoms in total. The van der Waals surface area contributed by atoms with Crippen LogP contribution in [0.3, 0.4) is 0 Å². The van der Waals surface area contributed by atoms with Gasteiger partial charge >= 0.3 is 0 Å². The molecule has 0 aliphatic carbocycles. The van der Waals surface area contributed by atoms with E-state index in [-0.39, 0.29) is 11.7 Å². The zero-order valence-electron chi connectivity index (χ0n) is 12.9. The Hall–Kier alpha value is -1.62. The van der Waals surface area contributed by atoms with Crippen molar-refractivity contribution in [3.63, 3.8) is 0 Å². The highest BCUT2D eigenvalue weighted by Crippen LogP contribution is 2.25. The number of hydrogen-bond acceptors (Lipinski definition) is 3. The Bertz CT molecular complexity index is 505. The summed E-state index contributed by atoms with van der Waals surface area (Å²) in [6.07, 6.45) is 2.99. The summed E-state index contributed by atoms with van der Waals surface area (Å²) in [4.78, 5) is 16.6. The number of halogens is 1. The van der Waals surface area contributed by atoms with E-state index < -0.39 is 5.82 Å². The minimum atomic E-state index is -0.496. The quantitative estimate of drug-likeness (QED) is 0.858. The predicted octanol–water partition coefficient (Wildman–Crippen LogP) is 2.39. The van der Waals surface area contributed by atoms with Crippen molar-refractivity contribution in [2.24, 2.45) is 0 Å². The molecule has 1 saturated heterocycles. The molecule has 1 aliphatic rings. The number of ether oxygens (including phenoxy) is 1. The number of likely N-dealkylation sites (tertiary alicyclic amines) is 1. The van der Waals surface area contributed by atoms with Gasteiger partial charge in [-0.25, -0.2) is 4.39 Å². The minimum absolute atomic E-state index is 0.0379. The molecule has 0 spiro atoms. The molecule has 1 atom stereocenters. The van der Waals surface area contributed by atoms with Crippen molar-refractivity contribution in [3.8, 4) is 5.75 Å². The van der Waals surface area contributed by atoms with Gasteiger partial charge in [0.2, 0.25) is 0 Å². The lowest BCUT2D eigenvalue weighted by atomic mass is 10.1. The van der Waals surface area contributed by atoms with E-state index in [0.29, 0.717) is 24.7 Å². The highest BCUT2D eigenvalue weighted by atomic mass is 19.1. The van der Waals surface area contributed by atoms with E-state index in [0.717, 1.165) is 19.3 Å². The lowest BCUT2D eigenvalue weighted by Gasteiger charge is -2.24. The second-order valence-electron chi connectivity index (χ2n) is 5.66. The standard InChI is InChI=1S/C16H23FN2O2/c1-18(2)12-6-5-10-19(11-9-12)16(20)13-7-4-8-14(17)15(13)21-3/h4,7-8,12H,5-6,9-11H2,1-3H3. The van der Waals surface area contributed by atoms with Gasteiger partial charge in [0.05, 0.1) is 12.7 Å². The van der Waals surface area contributed by atoms with E-state index in [1.165, 1.54) is 13.2 Å². The molecule has 2 rings (SSSR count). The number of nitrogens with zero attached hydrogens (tertiary/aromatic N) is 2. The molecule has 0 saturated carbocycles. The van der Waals surface area contributed by atoms with Crippen LogP contribution >= 0.6 is 0 Å². The largest absolute Gasteiger partial charge is 0.493 e. The van der Waals surface area contributed by atoms with Gasteiger partial charge < -0.3 is 14.5 Å². The lowest BCUT2D eigenvalue weighted by Crippen LogP contribution is -2.34. The third-order valence-corrected chi connectivity index (χ3v) is 4.12. The van der Waals surface area contributed by atoms with Crippen LogP contribution in [0.5, 0.6) is 5.75 Å². The maximum Gasteiger partial charge on any atom is 0.257 e. The van der Waals surface area contributed by atoms with E-state index in [2.05, 4.69) is 19.0 Å². The summed E-state index contributed by atoms with van der Waals surface area (Å²) in [5.74, 6) is -0.606. The van der Waals surface area contributed by atoms with Crippen LogP contribution in [0.4, 0.5) is 4.39 Å². The Kier molecular flexibility index (Phi) is 5.17. The molecule has 1 aromatic rings. The maximum atomic E-state index is 13.7. The molecule has 21 heavy (non-hydrogen) atoms. The average Bonchev–Trinajstić information content (AvgIpc) is 2.72. The summed E-state index contributed by atoms with van der Waals surface area (Å²) in [5, 5.41) is 0. The number of carbonyl (C=O) groups is 1. The molecule has 0 aromatic heterocycles. The van der Waals surface area contributed by atoms with E-state index >= 15 is 0 Å². The molecular weight excluding hydrogens is 271 g/mol. The monoisotopic (exact) mass is 294 g/mol. The fourth-order valence-electron chi connectivity index (χ4n) is 2.85. The normalized spacial score (nSPS) is 19.5. The molecule has 1 unspecified atom stereocenters. The van der Waals surface area contributed by atoms with Gasteiger partial charge in [-0.05, 0) is 45.5 Å². The number of carbonyl (C=O) groups excluding carboxylic acids is 1. The zero-order valence-corrected chi connectivity index (χ0v) is 12.9. The van der Waals surface area contributed by atoms with Gasteiger partial charge in [-0.2, -0.15) is 0 Å². The highest BCUT2D eigenvalue weighted by molar-refractivity contribution is 5.97. The summed E-state index contributed by atoms with van der Waals surface area (Å²) in [6, 6.07) is 4.97. The fraction of sp³-hybridized carbons (Fsp3) is 0.562. The molecule has 0 bridgehead atoms. The van der Waals surface area contributed by atoms with Gasteiger partial charge in [0.15, 0.2) is 11.6 Å². The summed E-state index contributed by atoms with van der Waals surface area (Å²) in [5.41, 5.74) is 0.306. The Morgan fingerprint density at radius 3 is 2.76 bits per heavy atom. The van der Waals surface area contributed by atoms with E-state index in [1.807, 2.05) is 0 Å². The number of hydrogen-bond donors (Lipinski definition) is 0. The number of amides is 1. The second-order valence-corrected chi connectivity index (χ2v) is 5.66. The Labute approximate surface area is 125 Å². The van der Waals surface area contributed by atoms with E-state index in [9.17, 15) is 9.18 Å². The third kappa shape index (κ3) is 3.53. The van der Waals surface area contributed by atoms with Crippen LogP contribution in [0.25, 0.3) is 0 Å². The van der Waals surface area contributed by atoms with Crippen molar-refractivity contribution >= 4 is 5.91 Å². The summed E-state index contributed by atoms with van der Waals surface area (Å²) >= 11 is 0. The van der Waals surface area contributed by atoms with Gasteiger partial charge in [-0.1, -0.05) is 6.07 Å². The first-order valence-electron chi connectivity index (χ1n) is 7.32. The van der Waals surface area contributed by atoms with Crippen LogP contribution in [0, 0.1) is 5.82 Å². The van der Waals surface area contributed by atoms with Crippen molar-refractivity contribution < 1.29 is 13.9 Å². The Morgan fingerprint density at radius 2 is 2.10 bits per heavy atom. The number of para-hydroxylation sites is 1. The van der Waals surface area contributed by atoms with Crippen molar-refractivity contribution in [3.05, 3.63) is 29.6 Å². The van der Waals surface area contributed by atoms with E-state index in [1.54, 1.807) is 17.0 Å². The lowest BCUT2D eigenvalue weighted by molar-refractivity contribution is 0.0754. The first-order valence-corrected chi connectivity index (χ1v) is 7.32. The topological polar surface area (TPSA) is 32.8 Å². The molecule has 116 valence electrons. The van der Waals surface area contributed by atoms with Gasteiger partial charge in [0, 0.05) is 19.1 Å². The number of benzene rings is 1. The van der Waals surface area contributed by atoms with Crippen LogP contribution in [0.15, 0.2) is 18.2 Å². The Morgan fingerprint density at radius 1 is 1.33 bits per heavy atom. The maximum absolute atomic E-state index is 13.7. The first-order chi connectivity index (χ1) is 10.0. The van der Waals surface area contributed by atoms with E-state index in [4.69, 9.17) is 4.74 Å². The van der Waals surface area contributed by atoms with Gasteiger partial charge in [-0.15, -0.1) is 0 Å². The molecule has 1 fully saturated rings. The minimum Gasteiger partial charge on any atom is -0.493 e. The molecule has 1 amide bonds. The van der Waals surface area contributed by atoms with Crippen LogP contribution < -0.4 is 4.74 Å². The Balaban J connectivity index is 2.15. The zero-order chi connectivity index (χ0) is 15.4. The van der Waals surface area contributed by atoms with Crippen LogP contribution in [0.2, 0.25) is 0 Å². The highest BCUT2D eigenvalue weighted by Gasteiger charge is 2.25. The number of rotatable bonds is 3. The molecule has 0 radical (unpaired) electrons. The van der Waals surface area contributed by atoms with Gasteiger partial charge in [0.25, 0.3) is 5.91 Å².